The highest BCUT2D eigenvalue weighted by atomic mass is 32.2. The largest absolute Gasteiger partial charge is 0.340 e. The zero-order valence-electron chi connectivity index (χ0n) is 17.1. The first-order valence-corrected chi connectivity index (χ1v) is 11.2. The number of pyridine rings is 2. The van der Waals surface area contributed by atoms with Gasteiger partial charge in [0.15, 0.2) is 0 Å². The predicted molar refractivity (Wildman–Crippen MR) is 123 cm³/mol. The molecule has 0 atom stereocenters. The molecule has 4 N–H and O–H groups in total. The highest BCUT2D eigenvalue weighted by molar-refractivity contribution is 7.89. The second-order valence-corrected chi connectivity index (χ2v) is 8.58. The maximum absolute atomic E-state index is 13.1. The molecule has 10 heteroatoms. The first-order chi connectivity index (χ1) is 15.8. The van der Waals surface area contributed by atoms with Crippen LogP contribution in [-0.2, 0) is 10.0 Å². The molecule has 8 nitrogen and oxygen atoms in total. The van der Waals surface area contributed by atoms with E-state index < -0.39 is 15.9 Å². The lowest BCUT2D eigenvalue weighted by Crippen LogP contribution is -2.16. The number of hydrogen-bond acceptors (Lipinski definition) is 6. The highest BCUT2D eigenvalue weighted by Crippen LogP contribution is 2.25. The van der Waals surface area contributed by atoms with Crippen LogP contribution in [0.3, 0.4) is 0 Å². The summed E-state index contributed by atoms with van der Waals surface area (Å²) in [6.45, 7) is 0. The Labute approximate surface area is 189 Å². The van der Waals surface area contributed by atoms with Crippen LogP contribution in [0.4, 0.5) is 21.7 Å². The van der Waals surface area contributed by atoms with Gasteiger partial charge >= 0.3 is 0 Å². The van der Waals surface area contributed by atoms with Gasteiger partial charge in [0.05, 0.1) is 4.90 Å². The smallest absolute Gasteiger partial charge is 0.256 e. The molecule has 0 saturated heterocycles. The minimum atomic E-state index is -3.93. The Morgan fingerprint density at radius 1 is 0.848 bits per heavy atom. The highest BCUT2D eigenvalue weighted by Gasteiger charge is 2.13. The van der Waals surface area contributed by atoms with Crippen molar-refractivity contribution in [2.75, 3.05) is 10.6 Å². The number of carbonyl (C=O) groups is 1. The third-order valence-corrected chi connectivity index (χ3v) is 5.55. The monoisotopic (exact) mass is 463 g/mol. The van der Waals surface area contributed by atoms with Crippen LogP contribution in [0.5, 0.6) is 0 Å². The molecule has 0 bridgehead atoms. The Balaban J connectivity index is 1.53. The van der Waals surface area contributed by atoms with Crippen LogP contribution in [-0.4, -0.2) is 24.3 Å². The number of primary sulfonamides is 1. The number of sulfonamides is 1. The van der Waals surface area contributed by atoms with E-state index in [1.165, 1.54) is 36.4 Å². The van der Waals surface area contributed by atoms with Crippen molar-refractivity contribution in [3.8, 4) is 11.1 Å². The lowest BCUT2D eigenvalue weighted by molar-refractivity contribution is 0.102. The summed E-state index contributed by atoms with van der Waals surface area (Å²) in [4.78, 5) is 20.9. The maximum atomic E-state index is 13.1. The van der Waals surface area contributed by atoms with E-state index in [1.807, 2.05) is 0 Å². The number of nitrogens with one attached hydrogen (secondary N) is 2. The minimum absolute atomic E-state index is 0.128. The van der Waals surface area contributed by atoms with Gasteiger partial charge in [0.1, 0.15) is 17.5 Å². The molecule has 33 heavy (non-hydrogen) atoms. The van der Waals surface area contributed by atoms with E-state index in [0.717, 1.165) is 11.1 Å². The predicted octanol–water partition coefficient (Wildman–Crippen LogP) is 3.93. The Morgan fingerprint density at radius 3 is 2.15 bits per heavy atom. The molecule has 0 unspecified atom stereocenters. The fourth-order valence-electron chi connectivity index (χ4n) is 3.04. The summed E-state index contributed by atoms with van der Waals surface area (Å²) >= 11 is 0. The molecule has 4 rings (SSSR count). The molecule has 0 aliphatic heterocycles. The van der Waals surface area contributed by atoms with Crippen LogP contribution < -0.4 is 15.8 Å². The average molecular weight is 463 g/mol. The normalized spacial score (nSPS) is 11.1. The molecule has 2 heterocycles. The number of nitrogens with zero attached hydrogens (tertiary/aromatic N) is 2. The quantitative estimate of drug-likeness (QED) is 0.398. The van der Waals surface area contributed by atoms with Crippen molar-refractivity contribution in [3.05, 3.63) is 96.6 Å². The maximum Gasteiger partial charge on any atom is 0.256 e. The fraction of sp³-hybridized carbons (Fsp3) is 0. The average Bonchev–Trinajstić information content (AvgIpc) is 2.80. The minimum Gasteiger partial charge on any atom is -0.340 e. The Bertz CT molecular complexity index is 1430. The Hall–Kier alpha value is -4.15. The van der Waals surface area contributed by atoms with E-state index >= 15 is 0 Å². The summed E-state index contributed by atoms with van der Waals surface area (Å²) in [6, 6.07) is 18.4. The van der Waals surface area contributed by atoms with Crippen LogP contribution in [0.25, 0.3) is 11.1 Å². The van der Waals surface area contributed by atoms with Crippen molar-refractivity contribution in [1.29, 1.82) is 0 Å². The lowest BCUT2D eigenvalue weighted by atomic mass is 10.1. The molecule has 0 radical (unpaired) electrons. The summed E-state index contributed by atoms with van der Waals surface area (Å²) in [7, 11) is -3.93. The zero-order chi connectivity index (χ0) is 23.4. The van der Waals surface area contributed by atoms with Gasteiger partial charge in [0, 0.05) is 23.6 Å². The second-order valence-electron chi connectivity index (χ2n) is 7.02. The van der Waals surface area contributed by atoms with Crippen molar-refractivity contribution < 1.29 is 17.6 Å². The topological polar surface area (TPSA) is 127 Å². The molecule has 0 aliphatic carbocycles. The van der Waals surface area contributed by atoms with Crippen molar-refractivity contribution in [2.24, 2.45) is 5.14 Å². The Morgan fingerprint density at radius 2 is 1.48 bits per heavy atom. The molecule has 4 aromatic rings. The van der Waals surface area contributed by atoms with Crippen molar-refractivity contribution in [2.45, 2.75) is 4.90 Å². The van der Waals surface area contributed by atoms with Gasteiger partial charge in [0.25, 0.3) is 5.91 Å². The van der Waals surface area contributed by atoms with Crippen LogP contribution in [0, 0.1) is 5.82 Å². The third kappa shape index (κ3) is 5.56. The second kappa shape index (κ2) is 9.15. The van der Waals surface area contributed by atoms with Crippen molar-refractivity contribution in [3.63, 3.8) is 0 Å². The molecular formula is C23H18FN5O3S. The van der Waals surface area contributed by atoms with Crippen LogP contribution in [0.2, 0.25) is 0 Å². The first kappa shape index (κ1) is 22.1. The molecule has 0 fully saturated rings. The number of benzene rings is 2. The van der Waals surface area contributed by atoms with Gasteiger partial charge in [-0.25, -0.2) is 27.9 Å². The summed E-state index contributed by atoms with van der Waals surface area (Å²) in [5.74, 6) is -0.0202. The summed E-state index contributed by atoms with van der Waals surface area (Å²) in [5.41, 5.74) is 2.39. The SMILES string of the molecule is NS(=O)(=O)c1cccc(C(=O)Nc2cc(-c3ccnc(Nc4ccc(F)cc4)c3)ccn2)c1. The van der Waals surface area contributed by atoms with Gasteiger partial charge < -0.3 is 10.6 Å². The molecule has 0 spiro atoms. The molecule has 2 aromatic carbocycles. The number of carbonyl (C=O) groups excluding carboxylic acids is 1. The molecule has 0 saturated carbocycles. The summed E-state index contributed by atoms with van der Waals surface area (Å²) in [6.07, 6.45) is 3.16. The van der Waals surface area contributed by atoms with E-state index in [1.54, 1.807) is 48.8 Å². The van der Waals surface area contributed by atoms with E-state index in [2.05, 4.69) is 20.6 Å². The molecule has 2 aromatic heterocycles. The number of aromatic nitrogens is 2. The van der Waals surface area contributed by atoms with Crippen molar-refractivity contribution >= 4 is 33.3 Å². The van der Waals surface area contributed by atoms with E-state index in [-0.39, 0.29) is 22.1 Å². The molecule has 166 valence electrons. The number of halogens is 1. The van der Waals surface area contributed by atoms with Gasteiger partial charge in [-0.05, 0) is 77.9 Å². The van der Waals surface area contributed by atoms with Gasteiger partial charge in [-0.2, -0.15) is 0 Å². The third-order valence-electron chi connectivity index (χ3n) is 4.64. The fourth-order valence-corrected chi connectivity index (χ4v) is 3.60. The number of nitrogens with two attached hydrogens (primary N) is 1. The van der Waals surface area contributed by atoms with Gasteiger partial charge in [-0.3, -0.25) is 4.79 Å². The number of hydrogen-bond donors (Lipinski definition) is 3. The Kier molecular flexibility index (Phi) is 6.11. The van der Waals surface area contributed by atoms with E-state index in [4.69, 9.17) is 5.14 Å². The van der Waals surface area contributed by atoms with E-state index in [9.17, 15) is 17.6 Å². The molecule has 0 aliphatic rings. The molecular weight excluding hydrogens is 445 g/mol. The first-order valence-electron chi connectivity index (χ1n) is 9.67. The van der Waals surface area contributed by atoms with Gasteiger partial charge in [-0.1, -0.05) is 6.07 Å². The summed E-state index contributed by atoms with van der Waals surface area (Å²) < 4.78 is 36.2. The molecule has 1 amide bonds. The standard InChI is InChI=1S/C23H18FN5O3S/c24-18-4-6-19(7-5-18)28-21-13-15(8-10-26-21)16-9-11-27-22(14-16)29-23(30)17-2-1-3-20(12-17)33(25,31)32/h1-14H,(H,26,28)(H2,25,31,32)(H,27,29,30). The van der Waals surface area contributed by atoms with Gasteiger partial charge in [0.2, 0.25) is 10.0 Å². The number of rotatable bonds is 6. The lowest BCUT2D eigenvalue weighted by Gasteiger charge is -2.10. The van der Waals surface area contributed by atoms with Crippen molar-refractivity contribution in [1.82, 2.24) is 9.97 Å². The summed E-state index contributed by atoms with van der Waals surface area (Å²) in [5, 5.41) is 10.9. The van der Waals surface area contributed by atoms with Gasteiger partial charge in [-0.15, -0.1) is 0 Å². The van der Waals surface area contributed by atoms with Crippen LogP contribution >= 0.6 is 0 Å². The van der Waals surface area contributed by atoms with Crippen LogP contribution in [0.1, 0.15) is 10.4 Å². The van der Waals surface area contributed by atoms with Crippen LogP contribution in [0.15, 0.2) is 90.1 Å². The van der Waals surface area contributed by atoms with E-state index in [0.29, 0.717) is 11.5 Å². The number of amides is 1. The number of anilines is 3. The zero-order valence-corrected chi connectivity index (χ0v) is 17.9.